The van der Waals surface area contributed by atoms with E-state index in [2.05, 4.69) is 34.4 Å². The van der Waals surface area contributed by atoms with E-state index >= 15 is 0 Å². The summed E-state index contributed by atoms with van der Waals surface area (Å²) >= 11 is 6.13. The Bertz CT molecular complexity index is 1090. The van der Waals surface area contributed by atoms with E-state index in [0.717, 1.165) is 0 Å². The highest BCUT2D eigenvalue weighted by Gasteiger charge is 2.23. The number of hydrogen-bond acceptors (Lipinski definition) is 7. The van der Waals surface area contributed by atoms with E-state index in [4.69, 9.17) is 16.3 Å². The number of rotatable bonds is 4. The van der Waals surface area contributed by atoms with Gasteiger partial charge in [-0.1, -0.05) is 25.4 Å². The molecule has 37 heavy (non-hydrogen) atoms. The number of fused-ring (bicyclic) bond motifs is 1. The van der Waals surface area contributed by atoms with E-state index in [1.165, 1.54) is 17.3 Å². The van der Waals surface area contributed by atoms with Crippen LogP contribution < -0.4 is 20.3 Å². The Kier molecular flexibility index (Phi) is 10.1. The molecule has 0 saturated carbocycles. The van der Waals surface area contributed by atoms with Gasteiger partial charge in [0.25, 0.3) is 11.8 Å². The SMILES string of the molecule is CC(C)C[C@@H]1COc2ccc(Cl)cc2C(=O)NCCCCN(C(=O)c2cnc(N(C)C)nc2)CC(=O)N1. The third-order valence-corrected chi connectivity index (χ3v) is 6.03. The highest BCUT2D eigenvalue weighted by Crippen LogP contribution is 2.24. The van der Waals surface area contributed by atoms with Crippen LogP contribution in [0.15, 0.2) is 30.6 Å². The van der Waals surface area contributed by atoms with E-state index in [-0.39, 0.29) is 42.8 Å². The molecular formula is C26H35ClN6O4. The maximum Gasteiger partial charge on any atom is 0.257 e. The third kappa shape index (κ3) is 8.31. The molecule has 3 rings (SSSR count). The largest absolute Gasteiger partial charge is 0.491 e. The van der Waals surface area contributed by atoms with Crippen LogP contribution in [-0.2, 0) is 4.79 Å². The molecule has 1 aliphatic heterocycles. The first kappa shape index (κ1) is 28.2. The van der Waals surface area contributed by atoms with E-state index < -0.39 is 0 Å². The number of anilines is 1. The van der Waals surface area contributed by atoms with Gasteiger partial charge in [-0.3, -0.25) is 14.4 Å². The van der Waals surface area contributed by atoms with Gasteiger partial charge in [0, 0.05) is 44.6 Å². The zero-order valence-electron chi connectivity index (χ0n) is 21.8. The molecule has 0 fully saturated rings. The quantitative estimate of drug-likeness (QED) is 0.624. The minimum Gasteiger partial charge on any atom is -0.491 e. The van der Waals surface area contributed by atoms with Gasteiger partial charge < -0.3 is 25.2 Å². The van der Waals surface area contributed by atoms with Crippen LogP contribution in [-0.4, -0.2) is 79.0 Å². The summed E-state index contributed by atoms with van der Waals surface area (Å²) in [5.41, 5.74) is 0.647. The van der Waals surface area contributed by atoms with Crippen LogP contribution in [0.2, 0.25) is 5.02 Å². The summed E-state index contributed by atoms with van der Waals surface area (Å²) in [4.78, 5) is 50.8. The molecule has 11 heteroatoms. The van der Waals surface area contributed by atoms with Gasteiger partial charge in [0.2, 0.25) is 11.9 Å². The summed E-state index contributed by atoms with van der Waals surface area (Å²) in [7, 11) is 3.63. The van der Waals surface area contributed by atoms with Crippen molar-refractivity contribution in [2.45, 2.75) is 39.2 Å². The van der Waals surface area contributed by atoms with Crippen molar-refractivity contribution in [3.05, 3.63) is 46.7 Å². The van der Waals surface area contributed by atoms with Crippen LogP contribution in [0.3, 0.4) is 0 Å². The second-order valence-electron chi connectivity index (χ2n) is 9.70. The van der Waals surface area contributed by atoms with E-state index in [1.54, 1.807) is 23.1 Å². The van der Waals surface area contributed by atoms with Gasteiger partial charge in [-0.05, 0) is 43.4 Å². The number of benzene rings is 1. The Morgan fingerprint density at radius 1 is 1.22 bits per heavy atom. The van der Waals surface area contributed by atoms with Gasteiger partial charge in [0.15, 0.2) is 0 Å². The molecule has 0 bridgehead atoms. The maximum atomic E-state index is 13.3. The highest BCUT2D eigenvalue weighted by atomic mass is 35.5. The molecular weight excluding hydrogens is 496 g/mol. The fourth-order valence-corrected chi connectivity index (χ4v) is 4.17. The molecule has 2 N–H and O–H groups in total. The predicted molar refractivity (Wildman–Crippen MR) is 142 cm³/mol. The lowest BCUT2D eigenvalue weighted by molar-refractivity contribution is -0.122. The average Bonchev–Trinajstić information content (AvgIpc) is 2.85. The normalized spacial score (nSPS) is 17.6. The Balaban J connectivity index is 1.81. The van der Waals surface area contributed by atoms with Gasteiger partial charge in [0.1, 0.15) is 12.4 Å². The standard InChI is InChI=1S/C26H35ClN6O4/c1-17(2)11-20-16-37-22-8-7-19(27)12-21(22)24(35)28-9-5-6-10-33(15-23(34)31-20)25(36)18-13-29-26(30-14-18)32(3)4/h7-8,12-14,17,20H,5-6,9-11,15-16H2,1-4H3,(H,28,35)(H,31,34)/t20-/m1/s1. The van der Waals surface area contributed by atoms with Crippen LogP contribution in [0.25, 0.3) is 0 Å². The van der Waals surface area contributed by atoms with Crippen molar-refractivity contribution in [1.82, 2.24) is 25.5 Å². The summed E-state index contributed by atoms with van der Waals surface area (Å²) < 4.78 is 5.99. The Morgan fingerprint density at radius 3 is 2.62 bits per heavy atom. The summed E-state index contributed by atoms with van der Waals surface area (Å²) in [5, 5.41) is 6.33. The monoisotopic (exact) mass is 530 g/mol. The molecule has 0 unspecified atom stereocenters. The molecule has 200 valence electrons. The smallest absolute Gasteiger partial charge is 0.257 e. The van der Waals surface area contributed by atoms with Crippen molar-refractivity contribution in [1.29, 1.82) is 0 Å². The third-order valence-electron chi connectivity index (χ3n) is 5.79. The van der Waals surface area contributed by atoms with Gasteiger partial charge in [0.05, 0.1) is 23.7 Å². The topological polar surface area (TPSA) is 117 Å². The van der Waals surface area contributed by atoms with Crippen LogP contribution in [0.1, 0.15) is 53.8 Å². The number of carbonyl (C=O) groups excluding carboxylic acids is 3. The van der Waals surface area contributed by atoms with Crippen molar-refractivity contribution < 1.29 is 19.1 Å². The number of aromatic nitrogens is 2. The molecule has 1 aromatic carbocycles. The highest BCUT2D eigenvalue weighted by molar-refractivity contribution is 6.31. The molecule has 0 spiro atoms. The summed E-state index contributed by atoms with van der Waals surface area (Å²) in [6.45, 7) is 4.90. The van der Waals surface area contributed by atoms with Crippen molar-refractivity contribution in [2.24, 2.45) is 5.92 Å². The average molecular weight is 531 g/mol. The number of amides is 3. The molecule has 3 amide bonds. The Hall–Kier alpha value is -3.40. The Labute approximate surface area is 222 Å². The van der Waals surface area contributed by atoms with Gasteiger partial charge in [-0.2, -0.15) is 0 Å². The van der Waals surface area contributed by atoms with Crippen LogP contribution >= 0.6 is 11.6 Å². The first-order valence-electron chi connectivity index (χ1n) is 12.4. The van der Waals surface area contributed by atoms with Crippen LogP contribution in [0.5, 0.6) is 5.75 Å². The summed E-state index contributed by atoms with van der Waals surface area (Å²) in [5.74, 6) is 0.275. The molecule has 2 heterocycles. The zero-order chi connectivity index (χ0) is 26.9. The predicted octanol–water partition coefficient (Wildman–Crippen LogP) is 2.77. The maximum absolute atomic E-state index is 13.3. The molecule has 1 aliphatic rings. The lowest BCUT2D eigenvalue weighted by Crippen LogP contribution is -2.46. The van der Waals surface area contributed by atoms with Crippen molar-refractivity contribution in [3.8, 4) is 5.75 Å². The van der Waals surface area contributed by atoms with Crippen LogP contribution in [0, 0.1) is 5.92 Å². The van der Waals surface area contributed by atoms with Crippen molar-refractivity contribution >= 4 is 35.3 Å². The van der Waals surface area contributed by atoms with Gasteiger partial charge in [-0.15, -0.1) is 0 Å². The first-order valence-corrected chi connectivity index (χ1v) is 12.8. The zero-order valence-corrected chi connectivity index (χ0v) is 22.5. The van der Waals surface area contributed by atoms with Crippen molar-refractivity contribution in [3.63, 3.8) is 0 Å². The summed E-state index contributed by atoms with van der Waals surface area (Å²) in [6.07, 6.45) is 4.80. The molecule has 0 saturated heterocycles. The molecule has 10 nitrogen and oxygen atoms in total. The fourth-order valence-electron chi connectivity index (χ4n) is 4.00. The number of hydrogen-bond donors (Lipinski definition) is 2. The molecule has 0 aliphatic carbocycles. The number of ether oxygens (including phenoxy) is 1. The van der Waals surface area contributed by atoms with E-state index in [9.17, 15) is 14.4 Å². The number of carbonyl (C=O) groups is 3. The van der Waals surface area contributed by atoms with E-state index in [1.807, 2.05) is 14.1 Å². The van der Waals surface area contributed by atoms with E-state index in [0.29, 0.717) is 60.2 Å². The fraction of sp³-hybridized carbons (Fsp3) is 0.500. The lowest BCUT2D eigenvalue weighted by Gasteiger charge is -2.25. The second kappa shape index (κ2) is 13.2. The minimum atomic E-state index is -0.326. The number of halogens is 1. The molecule has 2 aromatic rings. The summed E-state index contributed by atoms with van der Waals surface area (Å²) in [6, 6.07) is 4.58. The second-order valence-corrected chi connectivity index (χ2v) is 10.1. The molecule has 1 atom stereocenters. The van der Waals surface area contributed by atoms with Crippen molar-refractivity contribution in [2.75, 3.05) is 45.2 Å². The Morgan fingerprint density at radius 2 is 1.95 bits per heavy atom. The van der Waals surface area contributed by atoms with Gasteiger partial charge in [-0.25, -0.2) is 9.97 Å². The van der Waals surface area contributed by atoms with Crippen LogP contribution in [0.4, 0.5) is 5.95 Å². The minimum absolute atomic E-state index is 0.110. The molecule has 1 aromatic heterocycles. The lowest BCUT2D eigenvalue weighted by atomic mass is 10.0. The number of nitrogens with one attached hydrogen (secondary N) is 2. The van der Waals surface area contributed by atoms with Gasteiger partial charge >= 0.3 is 0 Å². The number of nitrogens with zero attached hydrogens (tertiary/aromatic N) is 4. The molecule has 0 radical (unpaired) electrons. The first-order chi connectivity index (χ1) is 17.6.